The Labute approximate surface area is 167 Å². The number of nitrogens with one attached hydrogen (secondary N) is 2. The predicted molar refractivity (Wildman–Crippen MR) is 111 cm³/mol. The van der Waals surface area contributed by atoms with Gasteiger partial charge in [-0.1, -0.05) is 18.2 Å². The summed E-state index contributed by atoms with van der Waals surface area (Å²) >= 11 is 0. The van der Waals surface area contributed by atoms with Gasteiger partial charge in [-0.05, 0) is 56.6 Å². The minimum Gasteiger partial charge on any atom is -0.488 e. The second-order valence-corrected chi connectivity index (χ2v) is 7.59. The molecule has 6 nitrogen and oxygen atoms in total. The van der Waals surface area contributed by atoms with Gasteiger partial charge in [-0.2, -0.15) is 0 Å². The number of nitrogens with zero attached hydrogens (tertiary/aromatic N) is 2. The summed E-state index contributed by atoms with van der Waals surface area (Å²) in [6.45, 7) is 5.72. The van der Waals surface area contributed by atoms with Crippen molar-refractivity contribution in [3.05, 3.63) is 53.5 Å². The van der Waals surface area contributed by atoms with E-state index in [2.05, 4.69) is 38.7 Å². The molecule has 28 heavy (non-hydrogen) atoms. The van der Waals surface area contributed by atoms with Gasteiger partial charge in [-0.25, -0.2) is 0 Å². The normalized spacial score (nSPS) is 20.6. The number of hydrogen-bond donors (Lipinski definition) is 2. The number of likely N-dealkylation sites (tertiary alicyclic amines) is 1. The van der Waals surface area contributed by atoms with Crippen LogP contribution in [0.1, 0.15) is 36.0 Å². The van der Waals surface area contributed by atoms with Gasteiger partial charge < -0.3 is 19.8 Å². The molecule has 2 aliphatic rings. The highest BCUT2D eigenvalue weighted by Gasteiger charge is 2.26. The zero-order valence-electron chi connectivity index (χ0n) is 16.8. The zero-order valence-corrected chi connectivity index (χ0v) is 16.8. The van der Waals surface area contributed by atoms with E-state index in [-0.39, 0.29) is 12.1 Å². The summed E-state index contributed by atoms with van der Waals surface area (Å²) < 4.78 is 12.0. The highest BCUT2D eigenvalue weighted by Crippen LogP contribution is 2.28. The molecule has 1 aromatic heterocycles. The second kappa shape index (κ2) is 8.69. The summed E-state index contributed by atoms with van der Waals surface area (Å²) in [6, 6.07) is 12.6. The molecule has 0 spiro atoms. The number of hydrogen-bond acceptors (Lipinski definition) is 4. The van der Waals surface area contributed by atoms with Gasteiger partial charge in [0.15, 0.2) is 5.96 Å². The third-order valence-electron chi connectivity index (χ3n) is 5.57. The lowest BCUT2D eigenvalue weighted by molar-refractivity contribution is 0.213. The fourth-order valence-corrected chi connectivity index (χ4v) is 4.09. The number of fused-ring (bicyclic) bond motifs is 1. The largest absolute Gasteiger partial charge is 0.488 e. The minimum absolute atomic E-state index is 0.137. The monoisotopic (exact) mass is 382 g/mol. The van der Waals surface area contributed by atoms with Crippen molar-refractivity contribution in [1.82, 2.24) is 15.5 Å². The smallest absolute Gasteiger partial charge is 0.191 e. The number of guanidine groups is 1. The molecule has 2 N–H and O–H groups in total. The molecule has 3 heterocycles. The lowest BCUT2D eigenvalue weighted by Crippen LogP contribution is -2.45. The Balaban J connectivity index is 1.31. The van der Waals surface area contributed by atoms with Crippen molar-refractivity contribution in [2.24, 2.45) is 4.99 Å². The molecule has 1 saturated heterocycles. The van der Waals surface area contributed by atoms with Crippen molar-refractivity contribution in [2.75, 3.05) is 33.2 Å². The Bertz CT molecular complexity index is 785. The third kappa shape index (κ3) is 4.33. The SMILES string of the molecule is CN=C(NCC1Cc2ccccc2O1)NCC(c1ccc(C)o1)N1CCCC1. The summed E-state index contributed by atoms with van der Waals surface area (Å²) in [5.74, 6) is 3.78. The van der Waals surface area contributed by atoms with Gasteiger partial charge >= 0.3 is 0 Å². The molecule has 4 rings (SSSR count). The molecular weight excluding hydrogens is 352 g/mol. The topological polar surface area (TPSA) is 62.0 Å². The molecule has 2 aromatic rings. The Hall–Kier alpha value is -2.47. The average Bonchev–Trinajstić information content (AvgIpc) is 3.45. The maximum absolute atomic E-state index is 6.01. The number of aryl methyl sites for hydroxylation is 1. The summed E-state index contributed by atoms with van der Waals surface area (Å²) in [6.07, 6.45) is 3.58. The number of benzene rings is 1. The summed E-state index contributed by atoms with van der Waals surface area (Å²) in [7, 11) is 1.81. The third-order valence-corrected chi connectivity index (χ3v) is 5.57. The van der Waals surface area contributed by atoms with Crippen LogP contribution in [-0.4, -0.2) is 50.2 Å². The van der Waals surface area contributed by atoms with E-state index in [4.69, 9.17) is 9.15 Å². The van der Waals surface area contributed by atoms with Crippen LogP contribution in [0, 0.1) is 6.92 Å². The van der Waals surface area contributed by atoms with Crippen molar-refractivity contribution in [3.63, 3.8) is 0 Å². The van der Waals surface area contributed by atoms with Crippen LogP contribution >= 0.6 is 0 Å². The highest BCUT2D eigenvalue weighted by atomic mass is 16.5. The van der Waals surface area contributed by atoms with Crippen LogP contribution in [0.25, 0.3) is 0 Å². The van der Waals surface area contributed by atoms with E-state index in [0.717, 1.165) is 55.8 Å². The van der Waals surface area contributed by atoms with Gasteiger partial charge in [-0.15, -0.1) is 0 Å². The van der Waals surface area contributed by atoms with Gasteiger partial charge in [0.25, 0.3) is 0 Å². The molecule has 6 heteroatoms. The molecule has 0 radical (unpaired) electrons. The minimum atomic E-state index is 0.137. The number of furan rings is 1. The van der Waals surface area contributed by atoms with E-state index in [0.29, 0.717) is 0 Å². The van der Waals surface area contributed by atoms with E-state index < -0.39 is 0 Å². The van der Waals surface area contributed by atoms with E-state index in [1.165, 1.54) is 18.4 Å². The number of aliphatic imine (C=N–C) groups is 1. The molecular formula is C22H30N4O2. The second-order valence-electron chi connectivity index (χ2n) is 7.59. The van der Waals surface area contributed by atoms with Crippen molar-refractivity contribution in [3.8, 4) is 5.75 Å². The molecule has 1 fully saturated rings. The van der Waals surface area contributed by atoms with Crippen molar-refractivity contribution in [2.45, 2.75) is 38.3 Å². The standard InChI is InChI=1S/C22H30N4O2/c1-16-9-10-21(27-16)19(26-11-5-6-12-26)15-25-22(23-2)24-14-18-13-17-7-3-4-8-20(17)28-18/h3-4,7-10,18-19H,5-6,11-15H2,1-2H3,(H2,23,24,25). The first-order valence-corrected chi connectivity index (χ1v) is 10.2. The fourth-order valence-electron chi connectivity index (χ4n) is 4.09. The maximum Gasteiger partial charge on any atom is 0.191 e. The molecule has 0 saturated carbocycles. The van der Waals surface area contributed by atoms with Crippen LogP contribution in [0.2, 0.25) is 0 Å². The Morgan fingerprint density at radius 2 is 2.00 bits per heavy atom. The van der Waals surface area contributed by atoms with Crippen LogP contribution < -0.4 is 15.4 Å². The quantitative estimate of drug-likeness (QED) is 0.594. The summed E-state index contributed by atoms with van der Waals surface area (Å²) in [5, 5.41) is 6.89. The number of para-hydroxylation sites is 1. The van der Waals surface area contributed by atoms with E-state index in [9.17, 15) is 0 Å². The van der Waals surface area contributed by atoms with Crippen LogP contribution in [0.3, 0.4) is 0 Å². The maximum atomic E-state index is 6.01. The molecule has 0 amide bonds. The molecule has 2 aliphatic heterocycles. The van der Waals surface area contributed by atoms with E-state index >= 15 is 0 Å². The molecule has 1 aromatic carbocycles. The van der Waals surface area contributed by atoms with Crippen molar-refractivity contribution >= 4 is 5.96 Å². The van der Waals surface area contributed by atoms with E-state index in [1.807, 2.05) is 32.2 Å². The number of rotatable bonds is 6. The predicted octanol–water partition coefficient (Wildman–Crippen LogP) is 2.89. The van der Waals surface area contributed by atoms with Crippen LogP contribution in [0.4, 0.5) is 0 Å². The Morgan fingerprint density at radius 3 is 2.71 bits per heavy atom. The van der Waals surface area contributed by atoms with Gasteiger partial charge in [0.05, 0.1) is 12.6 Å². The first-order chi connectivity index (χ1) is 13.7. The molecule has 0 aliphatic carbocycles. The lowest BCUT2D eigenvalue weighted by Gasteiger charge is -2.27. The molecule has 0 bridgehead atoms. The average molecular weight is 383 g/mol. The first kappa shape index (κ1) is 18.9. The van der Waals surface area contributed by atoms with Gasteiger partial charge in [0, 0.05) is 20.0 Å². The Morgan fingerprint density at radius 1 is 1.18 bits per heavy atom. The lowest BCUT2D eigenvalue weighted by atomic mass is 10.1. The summed E-state index contributed by atoms with van der Waals surface area (Å²) in [5.41, 5.74) is 1.28. The molecule has 150 valence electrons. The van der Waals surface area contributed by atoms with Crippen molar-refractivity contribution < 1.29 is 9.15 Å². The van der Waals surface area contributed by atoms with Gasteiger partial charge in [-0.3, -0.25) is 9.89 Å². The molecule has 2 atom stereocenters. The van der Waals surface area contributed by atoms with Crippen LogP contribution in [-0.2, 0) is 6.42 Å². The zero-order chi connectivity index (χ0) is 19.3. The van der Waals surface area contributed by atoms with Gasteiger partial charge in [0.1, 0.15) is 23.4 Å². The summed E-state index contributed by atoms with van der Waals surface area (Å²) in [4.78, 5) is 6.88. The van der Waals surface area contributed by atoms with Crippen LogP contribution in [0.5, 0.6) is 5.75 Å². The van der Waals surface area contributed by atoms with Crippen LogP contribution in [0.15, 0.2) is 45.8 Å². The fraction of sp³-hybridized carbons (Fsp3) is 0.500. The Kier molecular flexibility index (Phi) is 5.86. The van der Waals surface area contributed by atoms with Gasteiger partial charge in [0.2, 0.25) is 0 Å². The first-order valence-electron chi connectivity index (χ1n) is 10.2. The van der Waals surface area contributed by atoms with E-state index in [1.54, 1.807) is 0 Å². The highest BCUT2D eigenvalue weighted by molar-refractivity contribution is 5.79. The molecule has 2 unspecified atom stereocenters. The number of ether oxygens (including phenoxy) is 1. The van der Waals surface area contributed by atoms with Crippen molar-refractivity contribution in [1.29, 1.82) is 0 Å².